The molecule has 0 radical (unpaired) electrons. The number of benzene rings is 1. The number of sulfonamides is 1. The monoisotopic (exact) mass is 398 g/mol. The number of nitrogens with zero attached hydrogens (tertiary/aromatic N) is 2. The fourth-order valence-corrected chi connectivity index (χ4v) is 5.03. The molecule has 150 valence electrons. The number of carbonyl (C=O) groups is 1. The molecular weight excluding hydrogens is 372 g/mol. The molecular formula is C18H26N2O6S. The number of hydrogen-bond acceptors (Lipinski definition) is 5. The molecule has 2 heterocycles. The molecule has 0 aromatic heterocycles. The van der Waals surface area contributed by atoms with Crippen LogP contribution in [0.1, 0.15) is 26.7 Å². The number of piperidine rings is 1. The van der Waals surface area contributed by atoms with E-state index in [9.17, 15) is 13.2 Å². The third-order valence-electron chi connectivity index (χ3n) is 4.99. The van der Waals surface area contributed by atoms with E-state index in [1.165, 1.54) is 9.21 Å². The number of likely N-dealkylation sites (tertiary alicyclic amines) is 1. The van der Waals surface area contributed by atoms with Crippen molar-refractivity contribution in [3.05, 3.63) is 24.3 Å². The van der Waals surface area contributed by atoms with E-state index in [4.69, 9.17) is 14.6 Å². The fourth-order valence-electron chi connectivity index (χ4n) is 3.53. The van der Waals surface area contributed by atoms with Crippen molar-refractivity contribution in [1.29, 1.82) is 0 Å². The standard InChI is InChI=1S/C18H26N2O6S/c1-14(2)26-15-3-5-16(6-4-15)27(23,24)20-11-12-25-18(13-20)7-9-19(10-8-18)17(21)22/h3-6,14H,7-13H2,1-2H3,(H,21,22). The lowest BCUT2D eigenvalue weighted by atomic mass is 9.90. The van der Waals surface area contributed by atoms with Crippen molar-refractivity contribution in [2.45, 2.75) is 43.3 Å². The van der Waals surface area contributed by atoms with Crippen molar-refractivity contribution < 1.29 is 27.8 Å². The second-order valence-corrected chi connectivity index (χ2v) is 9.22. The van der Waals surface area contributed by atoms with Gasteiger partial charge in [0.25, 0.3) is 0 Å². The predicted molar refractivity (Wildman–Crippen MR) is 98.5 cm³/mol. The largest absolute Gasteiger partial charge is 0.491 e. The SMILES string of the molecule is CC(C)Oc1ccc(S(=O)(=O)N2CCOC3(CCN(C(=O)O)CC3)C2)cc1. The first-order chi connectivity index (χ1) is 12.7. The van der Waals surface area contributed by atoms with Crippen LogP contribution in [0, 0.1) is 0 Å². The van der Waals surface area contributed by atoms with Gasteiger partial charge in [-0.1, -0.05) is 0 Å². The molecule has 2 aliphatic rings. The molecule has 0 bridgehead atoms. The van der Waals surface area contributed by atoms with Gasteiger partial charge < -0.3 is 19.5 Å². The maximum absolute atomic E-state index is 13.0. The molecule has 27 heavy (non-hydrogen) atoms. The topological polar surface area (TPSA) is 96.4 Å². The van der Waals surface area contributed by atoms with Gasteiger partial charge in [0, 0.05) is 26.2 Å². The highest BCUT2D eigenvalue weighted by atomic mass is 32.2. The maximum atomic E-state index is 13.0. The molecule has 0 aliphatic carbocycles. The lowest BCUT2D eigenvalue weighted by Crippen LogP contribution is -2.58. The number of rotatable bonds is 4. The Morgan fingerprint density at radius 1 is 1.19 bits per heavy atom. The number of morpholine rings is 1. The van der Waals surface area contributed by atoms with E-state index in [1.807, 2.05) is 13.8 Å². The number of ether oxygens (including phenoxy) is 2. The van der Waals surface area contributed by atoms with Crippen LogP contribution in [0.4, 0.5) is 4.79 Å². The summed E-state index contributed by atoms with van der Waals surface area (Å²) >= 11 is 0. The second-order valence-electron chi connectivity index (χ2n) is 7.28. The first-order valence-electron chi connectivity index (χ1n) is 9.11. The predicted octanol–water partition coefficient (Wildman–Crippen LogP) is 2.01. The highest BCUT2D eigenvalue weighted by Crippen LogP contribution is 2.32. The Balaban J connectivity index is 1.72. The van der Waals surface area contributed by atoms with Crippen molar-refractivity contribution in [1.82, 2.24) is 9.21 Å². The summed E-state index contributed by atoms with van der Waals surface area (Å²) in [7, 11) is -3.64. The van der Waals surface area contributed by atoms with Gasteiger partial charge in [-0.3, -0.25) is 0 Å². The third-order valence-corrected chi connectivity index (χ3v) is 6.85. The third kappa shape index (κ3) is 4.36. The van der Waals surface area contributed by atoms with Crippen molar-refractivity contribution in [3.63, 3.8) is 0 Å². The van der Waals surface area contributed by atoms with Crippen LogP contribution in [0.15, 0.2) is 29.2 Å². The second kappa shape index (κ2) is 7.65. The van der Waals surface area contributed by atoms with Crippen LogP contribution < -0.4 is 4.74 Å². The summed E-state index contributed by atoms with van der Waals surface area (Å²) in [6.07, 6.45) is 0.0518. The van der Waals surface area contributed by atoms with Crippen molar-refractivity contribution in [2.75, 3.05) is 32.8 Å². The Kier molecular flexibility index (Phi) is 5.64. The molecule has 1 spiro atoms. The first-order valence-corrected chi connectivity index (χ1v) is 10.5. The Bertz CT molecular complexity index is 770. The van der Waals surface area contributed by atoms with Crippen LogP contribution in [0.25, 0.3) is 0 Å². The van der Waals surface area contributed by atoms with Gasteiger partial charge in [0.15, 0.2) is 0 Å². The van der Waals surface area contributed by atoms with Gasteiger partial charge in [0.2, 0.25) is 10.0 Å². The van der Waals surface area contributed by atoms with Crippen LogP contribution in [-0.4, -0.2) is 73.3 Å². The molecule has 0 atom stereocenters. The average molecular weight is 398 g/mol. The molecule has 1 N–H and O–H groups in total. The van der Waals surface area contributed by atoms with E-state index >= 15 is 0 Å². The molecule has 1 amide bonds. The lowest BCUT2D eigenvalue weighted by Gasteiger charge is -2.46. The average Bonchev–Trinajstić information content (AvgIpc) is 2.62. The highest BCUT2D eigenvalue weighted by molar-refractivity contribution is 7.89. The Morgan fingerprint density at radius 2 is 1.81 bits per heavy atom. The summed E-state index contributed by atoms with van der Waals surface area (Å²) in [5.41, 5.74) is -0.613. The van der Waals surface area contributed by atoms with E-state index in [-0.39, 0.29) is 24.1 Å². The Morgan fingerprint density at radius 3 is 2.37 bits per heavy atom. The summed E-state index contributed by atoms with van der Waals surface area (Å²) in [4.78, 5) is 12.7. The summed E-state index contributed by atoms with van der Waals surface area (Å²) in [6, 6.07) is 6.44. The number of amides is 1. The fraction of sp³-hybridized carbons (Fsp3) is 0.611. The summed E-state index contributed by atoms with van der Waals surface area (Å²) in [6.45, 7) is 5.36. The zero-order valence-electron chi connectivity index (χ0n) is 15.6. The van der Waals surface area contributed by atoms with E-state index in [1.54, 1.807) is 24.3 Å². The van der Waals surface area contributed by atoms with Gasteiger partial charge in [0.1, 0.15) is 5.75 Å². The van der Waals surface area contributed by atoms with E-state index < -0.39 is 21.7 Å². The van der Waals surface area contributed by atoms with Crippen LogP contribution in [0.5, 0.6) is 5.75 Å². The van der Waals surface area contributed by atoms with Crippen LogP contribution >= 0.6 is 0 Å². The minimum atomic E-state index is -3.64. The van der Waals surface area contributed by atoms with Gasteiger partial charge in [-0.25, -0.2) is 13.2 Å². The number of hydrogen-bond donors (Lipinski definition) is 1. The van der Waals surface area contributed by atoms with Crippen molar-refractivity contribution >= 4 is 16.1 Å². The molecule has 8 nitrogen and oxygen atoms in total. The minimum Gasteiger partial charge on any atom is -0.491 e. The maximum Gasteiger partial charge on any atom is 0.407 e. The molecule has 2 saturated heterocycles. The minimum absolute atomic E-state index is 0.0169. The molecule has 2 fully saturated rings. The lowest BCUT2D eigenvalue weighted by molar-refractivity contribution is -0.116. The van der Waals surface area contributed by atoms with E-state index in [2.05, 4.69) is 0 Å². The molecule has 1 aromatic rings. The van der Waals surface area contributed by atoms with Gasteiger partial charge in [-0.15, -0.1) is 0 Å². The van der Waals surface area contributed by atoms with Crippen molar-refractivity contribution in [2.24, 2.45) is 0 Å². The zero-order valence-corrected chi connectivity index (χ0v) is 16.4. The molecule has 3 rings (SSSR count). The van der Waals surface area contributed by atoms with Crippen LogP contribution in [-0.2, 0) is 14.8 Å². The van der Waals surface area contributed by atoms with Crippen molar-refractivity contribution in [3.8, 4) is 5.75 Å². The van der Waals surface area contributed by atoms with E-state index in [0.717, 1.165) is 0 Å². The molecule has 0 saturated carbocycles. The quantitative estimate of drug-likeness (QED) is 0.833. The smallest absolute Gasteiger partial charge is 0.407 e. The normalized spacial score (nSPS) is 20.8. The summed E-state index contributed by atoms with van der Waals surface area (Å²) in [5, 5.41) is 9.10. The molecule has 9 heteroatoms. The van der Waals surface area contributed by atoms with Crippen LogP contribution in [0.3, 0.4) is 0 Å². The number of carboxylic acid groups (broad SMARTS) is 1. The first kappa shape index (κ1) is 19.9. The summed E-state index contributed by atoms with van der Waals surface area (Å²) in [5.74, 6) is 0.628. The van der Waals surface area contributed by atoms with Gasteiger partial charge >= 0.3 is 6.09 Å². The zero-order chi connectivity index (χ0) is 19.7. The van der Waals surface area contributed by atoms with E-state index in [0.29, 0.717) is 38.3 Å². The van der Waals surface area contributed by atoms with Crippen LogP contribution in [0.2, 0.25) is 0 Å². The Labute approximate surface area is 159 Å². The van der Waals surface area contributed by atoms with Gasteiger partial charge in [-0.05, 0) is 51.0 Å². The molecule has 1 aromatic carbocycles. The highest BCUT2D eigenvalue weighted by Gasteiger charge is 2.43. The van der Waals surface area contributed by atoms with Gasteiger partial charge in [0.05, 0.1) is 23.2 Å². The van der Waals surface area contributed by atoms with Gasteiger partial charge in [-0.2, -0.15) is 4.31 Å². The molecule has 2 aliphatic heterocycles. The molecule has 0 unspecified atom stereocenters. The Hall–Kier alpha value is -1.84. The summed E-state index contributed by atoms with van der Waals surface area (Å²) < 4.78 is 39.0.